The molecule has 2 nitrogen and oxygen atoms in total. The lowest BCUT2D eigenvalue weighted by atomic mass is 10.1. The zero-order valence-electron chi connectivity index (χ0n) is 15.4. The quantitative estimate of drug-likeness (QED) is 0.387. The molecule has 1 aromatic heterocycles. The Labute approximate surface area is 159 Å². The average molecular weight is 350 g/mol. The van der Waals surface area contributed by atoms with Gasteiger partial charge in [0, 0.05) is 46.0 Å². The molecule has 0 aliphatic rings. The van der Waals surface area contributed by atoms with Gasteiger partial charge in [0.25, 0.3) is 0 Å². The lowest BCUT2D eigenvalue weighted by Crippen LogP contribution is -2.00. The molecule has 0 atom stereocenters. The van der Waals surface area contributed by atoms with Gasteiger partial charge in [-0.15, -0.1) is 0 Å². The smallest absolute Gasteiger partial charge is 0.0491 e. The Hall–Kier alpha value is -3.26. The van der Waals surface area contributed by atoms with Gasteiger partial charge in [0.05, 0.1) is 0 Å². The third kappa shape index (κ3) is 2.65. The van der Waals surface area contributed by atoms with Crippen LogP contribution < -0.4 is 5.32 Å². The van der Waals surface area contributed by atoms with E-state index in [1.54, 1.807) is 0 Å². The van der Waals surface area contributed by atoms with Gasteiger partial charge < -0.3 is 9.88 Å². The van der Waals surface area contributed by atoms with Gasteiger partial charge in [0.15, 0.2) is 0 Å². The molecule has 0 saturated heterocycles. The normalized spacial score (nSPS) is 11.4. The van der Waals surface area contributed by atoms with Gasteiger partial charge in [-0.3, -0.25) is 0 Å². The molecule has 27 heavy (non-hydrogen) atoms. The molecule has 4 aromatic carbocycles. The minimum Gasteiger partial charge on any atom is -0.380 e. The Kier molecular flexibility index (Phi) is 3.83. The summed E-state index contributed by atoms with van der Waals surface area (Å²) < 4.78 is 2.40. The Morgan fingerprint density at radius 3 is 2.33 bits per heavy atom. The maximum absolute atomic E-state index is 3.63. The van der Waals surface area contributed by atoms with E-state index in [9.17, 15) is 0 Å². The molecule has 5 aromatic rings. The monoisotopic (exact) mass is 350 g/mol. The molecule has 0 unspecified atom stereocenters. The molecule has 1 heterocycles. The number of fused-ring (bicyclic) bond motifs is 4. The summed E-state index contributed by atoms with van der Waals surface area (Å²) in [5.41, 5.74) is 5.11. The fourth-order valence-electron chi connectivity index (χ4n) is 4.13. The third-order valence-corrected chi connectivity index (χ3v) is 5.43. The van der Waals surface area contributed by atoms with Crippen molar-refractivity contribution in [2.24, 2.45) is 0 Å². The molecule has 0 spiro atoms. The fourth-order valence-corrected chi connectivity index (χ4v) is 4.13. The van der Waals surface area contributed by atoms with E-state index < -0.39 is 0 Å². The molecular weight excluding hydrogens is 328 g/mol. The van der Waals surface area contributed by atoms with Gasteiger partial charge >= 0.3 is 0 Å². The highest BCUT2D eigenvalue weighted by Crippen LogP contribution is 2.30. The van der Waals surface area contributed by atoms with Crippen molar-refractivity contribution in [1.29, 1.82) is 0 Å². The van der Waals surface area contributed by atoms with Crippen LogP contribution in [0.25, 0.3) is 32.6 Å². The molecular formula is C25H22N2. The van der Waals surface area contributed by atoms with Crippen LogP contribution in [0.5, 0.6) is 0 Å². The van der Waals surface area contributed by atoms with Crippen molar-refractivity contribution in [2.45, 2.75) is 20.0 Å². The molecule has 0 amide bonds. The van der Waals surface area contributed by atoms with Gasteiger partial charge in [-0.1, -0.05) is 60.7 Å². The Morgan fingerprint density at radius 1 is 0.704 bits per heavy atom. The lowest BCUT2D eigenvalue weighted by Gasteiger charge is -2.10. The van der Waals surface area contributed by atoms with Crippen molar-refractivity contribution in [2.75, 3.05) is 5.32 Å². The third-order valence-electron chi connectivity index (χ3n) is 5.43. The molecule has 1 N–H and O–H groups in total. The minimum atomic E-state index is 0.815. The van der Waals surface area contributed by atoms with Gasteiger partial charge in [0.2, 0.25) is 0 Å². The van der Waals surface area contributed by atoms with Crippen LogP contribution in [0, 0.1) is 0 Å². The Morgan fingerprint density at radius 2 is 1.44 bits per heavy atom. The second-order valence-corrected chi connectivity index (χ2v) is 6.99. The van der Waals surface area contributed by atoms with Crippen molar-refractivity contribution >= 4 is 38.3 Å². The first kappa shape index (κ1) is 16.0. The van der Waals surface area contributed by atoms with Crippen molar-refractivity contribution in [3.63, 3.8) is 0 Å². The summed E-state index contributed by atoms with van der Waals surface area (Å²) in [6.45, 7) is 4.01. The van der Waals surface area contributed by atoms with Gasteiger partial charge in [-0.2, -0.15) is 0 Å². The van der Waals surface area contributed by atoms with E-state index in [1.165, 1.54) is 43.8 Å². The van der Waals surface area contributed by atoms with Crippen LogP contribution in [0.1, 0.15) is 12.5 Å². The second kappa shape index (κ2) is 6.48. The molecule has 0 bridgehead atoms. The van der Waals surface area contributed by atoms with Crippen LogP contribution in [0.4, 0.5) is 5.69 Å². The van der Waals surface area contributed by atoms with E-state index in [4.69, 9.17) is 0 Å². The Balaban J connectivity index is 1.53. The number of para-hydroxylation sites is 1. The second-order valence-electron chi connectivity index (χ2n) is 6.99. The lowest BCUT2D eigenvalue weighted by molar-refractivity contribution is 0.827. The van der Waals surface area contributed by atoms with E-state index in [1.807, 2.05) is 0 Å². The number of benzene rings is 4. The zero-order valence-corrected chi connectivity index (χ0v) is 15.4. The van der Waals surface area contributed by atoms with Gasteiger partial charge in [0.1, 0.15) is 0 Å². The van der Waals surface area contributed by atoms with Crippen molar-refractivity contribution in [1.82, 2.24) is 4.57 Å². The number of hydrogen-bond donors (Lipinski definition) is 1. The van der Waals surface area contributed by atoms with E-state index in [0.717, 1.165) is 13.1 Å². The molecule has 132 valence electrons. The fraction of sp³-hybridized carbons (Fsp3) is 0.120. The number of rotatable bonds is 4. The topological polar surface area (TPSA) is 17.0 Å². The number of anilines is 1. The predicted octanol–water partition coefficient (Wildman–Crippen LogP) is 6.58. The van der Waals surface area contributed by atoms with E-state index in [-0.39, 0.29) is 0 Å². The van der Waals surface area contributed by atoms with E-state index in [2.05, 4.69) is 102 Å². The SMILES string of the molecule is CCn1c2ccccc2c2cc(CNc3cccc4ccccc34)ccc21. The van der Waals surface area contributed by atoms with Crippen LogP contribution in [-0.2, 0) is 13.1 Å². The summed E-state index contributed by atoms with van der Waals surface area (Å²) in [5, 5.41) is 8.84. The molecule has 0 aliphatic carbocycles. The maximum atomic E-state index is 3.63. The highest BCUT2D eigenvalue weighted by molar-refractivity contribution is 6.08. The van der Waals surface area contributed by atoms with Crippen LogP contribution in [0.15, 0.2) is 84.9 Å². The Bertz CT molecular complexity index is 1260. The highest BCUT2D eigenvalue weighted by atomic mass is 15.0. The summed E-state index contributed by atoms with van der Waals surface area (Å²) in [4.78, 5) is 0. The first-order chi connectivity index (χ1) is 13.3. The first-order valence-corrected chi connectivity index (χ1v) is 9.56. The molecule has 0 fully saturated rings. The zero-order chi connectivity index (χ0) is 18.2. The summed E-state index contributed by atoms with van der Waals surface area (Å²) >= 11 is 0. The molecule has 0 saturated carbocycles. The summed E-state index contributed by atoms with van der Waals surface area (Å²) in [7, 11) is 0. The van der Waals surface area contributed by atoms with Crippen molar-refractivity contribution in [3.8, 4) is 0 Å². The summed E-state index contributed by atoms with van der Waals surface area (Å²) in [6, 6.07) is 30.5. The average Bonchev–Trinajstić information content (AvgIpc) is 3.05. The van der Waals surface area contributed by atoms with Crippen LogP contribution in [-0.4, -0.2) is 4.57 Å². The highest BCUT2D eigenvalue weighted by Gasteiger charge is 2.09. The number of hydrogen-bond acceptors (Lipinski definition) is 1. The maximum Gasteiger partial charge on any atom is 0.0491 e. The van der Waals surface area contributed by atoms with E-state index in [0.29, 0.717) is 0 Å². The minimum absolute atomic E-state index is 0.815. The number of nitrogens with zero attached hydrogens (tertiary/aromatic N) is 1. The number of aromatic nitrogens is 1. The largest absolute Gasteiger partial charge is 0.380 e. The molecule has 2 heteroatoms. The standard InChI is InChI=1S/C25H22N2/c1-2-27-24-13-6-5-11-21(24)22-16-18(14-15-25(22)27)17-26-23-12-7-9-19-8-3-4-10-20(19)23/h3-16,26H,2,17H2,1H3. The molecule has 0 radical (unpaired) electrons. The van der Waals surface area contributed by atoms with Crippen LogP contribution in [0.2, 0.25) is 0 Å². The van der Waals surface area contributed by atoms with Crippen LogP contribution in [0.3, 0.4) is 0 Å². The summed E-state index contributed by atoms with van der Waals surface area (Å²) in [6.07, 6.45) is 0. The van der Waals surface area contributed by atoms with Gasteiger partial charge in [-0.25, -0.2) is 0 Å². The van der Waals surface area contributed by atoms with Crippen LogP contribution >= 0.6 is 0 Å². The van der Waals surface area contributed by atoms with Crippen molar-refractivity contribution < 1.29 is 0 Å². The first-order valence-electron chi connectivity index (χ1n) is 9.56. The van der Waals surface area contributed by atoms with E-state index >= 15 is 0 Å². The molecule has 0 aliphatic heterocycles. The number of aryl methyl sites for hydroxylation is 1. The van der Waals surface area contributed by atoms with Gasteiger partial charge in [-0.05, 0) is 42.1 Å². The number of nitrogens with one attached hydrogen (secondary N) is 1. The summed E-state index contributed by atoms with van der Waals surface area (Å²) in [5.74, 6) is 0. The predicted molar refractivity (Wildman–Crippen MR) is 116 cm³/mol. The van der Waals surface area contributed by atoms with Crippen molar-refractivity contribution in [3.05, 3.63) is 90.5 Å². The molecule has 5 rings (SSSR count).